The molecule has 0 radical (unpaired) electrons. The summed E-state index contributed by atoms with van der Waals surface area (Å²) < 4.78 is 0. The van der Waals surface area contributed by atoms with Crippen LogP contribution in [0.5, 0.6) is 0 Å². The largest absolute Gasteiger partial charge is 0.365 e. The maximum Gasteiger partial charge on any atom is 0.252 e. The molecule has 0 aliphatic carbocycles. The summed E-state index contributed by atoms with van der Waals surface area (Å²) in [5, 5.41) is 7.51. The first-order valence-corrected chi connectivity index (χ1v) is 5.59. The van der Waals surface area contributed by atoms with Crippen LogP contribution >= 0.6 is 23.2 Å². The van der Waals surface area contributed by atoms with Crippen LogP contribution in [0.3, 0.4) is 0 Å². The molecule has 0 unspecified atom stereocenters. The minimum atomic E-state index is -0.506. The van der Waals surface area contributed by atoms with Crippen molar-refractivity contribution < 1.29 is 4.79 Å². The van der Waals surface area contributed by atoms with Gasteiger partial charge in [-0.15, -0.1) is 0 Å². The van der Waals surface area contributed by atoms with Gasteiger partial charge in [0.2, 0.25) is 0 Å². The number of aromatic nitrogens is 2. The van der Waals surface area contributed by atoms with E-state index in [1.807, 2.05) is 6.07 Å². The summed E-state index contributed by atoms with van der Waals surface area (Å²) in [6.07, 6.45) is 1.91. The van der Waals surface area contributed by atoms with Crippen molar-refractivity contribution in [3.8, 4) is 0 Å². The summed E-state index contributed by atoms with van der Waals surface area (Å²) in [7, 11) is 0. The molecule has 0 atom stereocenters. The van der Waals surface area contributed by atoms with Gasteiger partial charge >= 0.3 is 0 Å². The highest BCUT2D eigenvalue weighted by atomic mass is 35.5. The van der Waals surface area contributed by atoms with Gasteiger partial charge in [0.25, 0.3) is 5.91 Å². The summed E-state index contributed by atoms with van der Waals surface area (Å²) in [5.74, 6) is -0.506. The van der Waals surface area contributed by atoms with Crippen LogP contribution in [0.1, 0.15) is 21.6 Å². The fraction of sp³-hybridized carbons (Fsp3) is 0.0909. The second-order valence-corrected chi connectivity index (χ2v) is 4.37. The topological polar surface area (TPSA) is 71.8 Å². The molecule has 1 heterocycles. The molecule has 0 fully saturated rings. The van der Waals surface area contributed by atoms with Gasteiger partial charge in [-0.2, -0.15) is 5.10 Å². The molecule has 17 heavy (non-hydrogen) atoms. The summed E-state index contributed by atoms with van der Waals surface area (Å²) >= 11 is 11.7. The lowest BCUT2D eigenvalue weighted by Crippen LogP contribution is -2.12. The first-order chi connectivity index (χ1) is 8.08. The van der Waals surface area contributed by atoms with Gasteiger partial charge < -0.3 is 5.73 Å². The molecular weight excluding hydrogens is 261 g/mol. The van der Waals surface area contributed by atoms with Crippen LogP contribution in [0.15, 0.2) is 24.4 Å². The Labute approximate surface area is 108 Å². The zero-order chi connectivity index (χ0) is 12.4. The Morgan fingerprint density at radius 1 is 1.35 bits per heavy atom. The third kappa shape index (κ3) is 2.60. The van der Waals surface area contributed by atoms with Crippen molar-refractivity contribution in [2.75, 3.05) is 0 Å². The number of hydrogen-bond donors (Lipinski definition) is 2. The third-order valence-corrected chi connectivity index (χ3v) is 3.09. The number of primary amides is 1. The summed E-state index contributed by atoms with van der Waals surface area (Å²) in [6, 6.07) is 5.29. The minimum Gasteiger partial charge on any atom is -0.365 e. The number of nitrogens with two attached hydrogens (primary N) is 1. The molecular formula is C11H9Cl2N3O. The van der Waals surface area contributed by atoms with Crippen LogP contribution in [-0.4, -0.2) is 16.1 Å². The molecule has 0 spiro atoms. The Hall–Kier alpha value is -1.52. The summed E-state index contributed by atoms with van der Waals surface area (Å²) in [6.45, 7) is 0. The zero-order valence-corrected chi connectivity index (χ0v) is 10.2. The number of benzene rings is 1. The average Bonchev–Trinajstić information content (AvgIpc) is 2.72. The molecule has 0 saturated heterocycles. The normalized spacial score (nSPS) is 10.5. The standard InChI is InChI=1S/C11H9Cl2N3O/c12-8-2-1-6(3-9(8)13)4-10-7(11(14)17)5-15-16-10/h1-3,5H,4H2,(H2,14,17)(H,15,16). The number of halogens is 2. The van der Waals surface area contributed by atoms with Crippen LogP contribution in [0.2, 0.25) is 10.0 Å². The van der Waals surface area contributed by atoms with Gasteiger partial charge in [0.05, 0.1) is 27.5 Å². The highest BCUT2D eigenvalue weighted by molar-refractivity contribution is 6.42. The number of H-pyrrole nitrogens is 1. The van der Waals surface area contributed by atoms with Crippen molar-refractivity contribution in [2.45, 2.75) is 6.42 Å². The van der Waals surface area contributed by atoms with E-state index >= 15 is 0 Å². The third-order valence-electron chi connectivity index (χ3n) is 2.35. The first-order valence-electron chi connectivity index (χ1n) is 4.84. The smallest absolute Gasteiger partial charge is 0.252 e. The number of carbonyl (C=O) groups is 1. The predicted molar refractivity (Wildman–Crippen MR) is 66.4 cm³/mol. The Bertz CT molecular complexity index is 566. The van der Waals surface area contributed by atoms with E-state index in [0.29, 0.717) is 27.7 Å². The Balaban J connectivity index is 2.28. The Morgan fingerprint density at radius 3 is 2.76 bits per heavy atom. The lowest BCUT2D eigenvalue weighted by atomic mass is 10.1. The van der Waals surface area contributed by atoms with E-state index in [2.05, 4.69) is 10.2 Å². The van der Waals surface area contributed by atoms with Gasteiger partial charge in [0.15, 0.2) is 0 Å². The molecule has 1 aromatic carbocycles. The molecule has 4 nitrogen and oxygen atoms in total. The van der Waals surface area contributed by atoms with Crippen molar-refractivity contribution in [1.82, 2.24) is 10.2 Å². The highest BCUT2D eigenvalue weighted by Crippen LogP contribution is 2.24. The maximum absolute atomic E-state index is 11.1. The number of amides is 1. The predicted octanol–water partition coefficient (Wildman–Crippen LogP) is 2.41. The maximum atomic E-state index is 11.1. The SMILES string of the molecule is NC(=O)c1cn[nH]c1Cc1ccc(Cl)c(Cl)c1. The number of nitrogens with zero attached hydrogens (tertiary/aromatic N) is 1. The lowest BCUT2D eigenvalue weighted by molar-refractivity contribution is 0.0999. The fourth-order valence-electron chi connectivity index (χ4n) is 1.51. The van der Waals surface area contributed by atoms with Gasteiger partial charge in [-0.1, -0.05) is 29.3 Å². The van der Waals surface area contributed by atoms with Crippen molar-refractivity contribution in [1.29, 1.82) is 0 Å². The van der Waals surface area contributed by atoms with Crippen LogP contribution in [0, 0.1) is 0 Å². The van der Waals surface area contributed by atoms with E-state index < -0.39 is 5.91 Å². The van der Waals surface area contributed by atoms with Gasteiger partial charge in [-0.05, 0) is 17.7 Å². The van der Waals surface area contributed by atoms with Gasteiger partial charge in [-0.25, -0.2) is 0 Å². The van der Waals surface area contributed by atoms with Gasteiger partial charge in [0, 0.05) is 6.42 Å². The quantitative estimate of drug-likeness (QED) is 0.898. The number of aromatic amines is 1. The second kappa shape index (κ2) is 4.77. The van der Waals surface area contributed by atoms with E-state index in [9.17, 15) is 4.79 Å². The fourth-order valence-corrected chi connectivity index (χ4v) is 1.83. The first kappa shape index (κ1) is 12.0. The number of nitrogens with one attached hydrogen (secondary N) is 1. The van der Waals surface area contributed by atoms with E-state index in [0.717, 1.165) is 5.56 Å². The molecule has 0 saturated carbocycles. The molecule has 0 aliphatic rings. The van der Waals surface area contributed by atoms with Gasteiger partial charge in [-0.3, -0.25) is 9.89 Å². The molecule has 1 aromatic heterocycles. The summed E-state index contributed by atoms with van der Waals surface area (Å²) in [5.41, 5.74) is 7.19. The van der Waals surface area contributed by atoms with Crippen LogP contribution in [0.4, 0.5) is 0 Å². The van der Waals surface area contributed by atoms with Crippen molar-refractivity contribution in [3.05, 3.63) is 51.3 Å². The van der Waals surface area contributed by atoms with E-state index in [4.69, 9.17) is 28.9 Å². The monoisotopic (exact) mass is 269 g/mol. The van der Waals surface area contributed by atoms with E-state index in [1.165, 1.54) is 6.20 Å². The van der Waals surface area contributed by atoms with E-state index in [-0.39, 0.29) is 0 Å². The van der Waals surface area contributed by atoms with Crippen LogP contribution < -0.4 is 5.73 Å². The second-order valence-electron chi connectivity index (χ2n) is 3.55. The van der Waals surface area contributed by atoms with Crippen molar-refractivity contribution >= 4 is 29.1 Å². The molecule has 88 valence electrons. The van der Waals surface area contributed by atoms with Crippen molar-refractivity contribution in [2.24, 2.45) is 5.73 Å². The molecule has 6 heteroatoms. The molecule has 3 N–H and O–H groups in total. The van der Waals surface area contributed by atoms with Gasteiger partial charge in [0.1, 0.15) is 0 Å². The molecule has 1 amide bonds. The van der Waals surface area contributed by atoms with E-state index in [1.54, 1.807) is 12.1 Å². The zero-order valence-electron chi connectivity index (χ0n) is 8.71. The van der Waals surface area contributed by atoms with Crippen molar-refractivity contribution in [3.63, 3.8) is 0 Å². The van der Waals surface area contributed by atoms with Crippen LogP contribution in [-0.2, 0) is 6.42 Å². The highest BCUT2D eigenvalue weighted by Gasteiger charge is 2.11. The lowest BCUT2D eigenvalue weighted by Gasteiger charge is -2.03. The minimum absolute atomic E-state index is 0.385. The number of carbonyl (C=O) groups excluding carboxylic acids is 1. The molecule has 2 rings (SSSR count). The number of hydrogen-bond acceptors (Lipinski definition) is 2. The molecule has 2 aromatic rings. The Kier molecular flexibility index (Phi) is 3.36. The molecule has 0 aliphatic heterocycles. The Morgan fingerprint density at radius 2 is 2.12 bits per heavy atom. The number of rotatable bonds is 3. The molecule has 0 bridgehead atoms. The summed E-state index contributed by atoms with van der Waals surface area (Å²) in [4.78, 5) is 11.1. The van der Waals surface area contributed by atoms with Crippen LogP contribution in [0.25, 0.3) is 0 Å². The average molecular weight is 270 g/mol.